The molecule has 0 spiro atoms. The molecule has 2 unspecified atom stereocenters. The van der Waals surface area contributed by atoms with Gasteiger partial charge in [0.2, 0.25) is 0 Å². The second-order valence-corrected chi connectivity index (χ2v) is 8.46. The van der Waals surface area contributed by atoms with E-state index in [1.165, 1.54) is 6.26 Å². The van der Waals surface area contributed by atoms with E-state index in [4.69, 9.17) is 0 Å². The Morgan fingerprint density at radius 1 is 1.45 bits per heavy atom. The van der Waals surface area contributed by atoms with Crippen LogP contribution in [0.1, 0.15) is 51.1 Å². The molecule has 0 radical (unpaired) electrons. The molecule has 0 aromatic carbocycles. The third-order valence-corrected chi connectivity index (χ3v) is 5.59. The minimum absolute atomic E-state index is 0.206. The summed E-state index contributed by atoms with van der Waals surface area (Å²) < 4.78 is 25.4. The molecule has 114 valence electrons. The number of nitrogens with one attached hydrogen (secondary N) is 1. The van der Waals surface area contributed by atoms with Crippen molar-refractivity contribution in [2.24, 2.45) is 0 Å². The van der Waals surface area contributed by atoms with E-state index in [2.05, 4.69) is 24.3 Å². The van der Waals surface area contributed by atoms with Crippen LogP contribution in [0.2, 0.25) is 0 Å². The van der Waals surface area contributed by atoms with Crippen molar-refractivity contribution in [2.45, 2.75) is 63.4 Å². The average molecular weight is 299 g/mol. The number of hydrogen-bond donors (Lipinski definition) is 1. The van der Waals surface area contributed by atoms with Crippen LogP contribution < -0.4 is 5.32 Å². The molecule has 0 bridgehead atoms. The summed E-state index contributed by atoms with van der Waals surface area (Å²) in [5.74, 6) is 0. The van der Waals surface area contributed by atoms with Gasteiger partial charge in [-0.2, -0.15) is 5.10 Å². The highest BCUT2D eigenvalue weighted by Crippen LogP contribution is 2.31. The highest BCUT2D eigenvalue weighted by Gasteiger charge is 2.30. The van der Waals surface area contributed by atoms with E-state index in [1.807, 2.05) is 17.1 Å². The van der Waals surface area contributed by atoms with E-state index in [0.717, 1.165) is 31.4 Å². The molecule has 6 heteroatoms. The van der Waals surface area contributed by atoms with Gasteiger partial charge in [-0.05, 0) is 19.3 Å². The maximum absolute atomic E-state index is 11.7. The van der Waals surface area contributed by atoms with Crippen LogP contribution in [0.3, 0.4) is 0 Å². The lowest BCUT2D eigenvalue weighted by Gasteiger charge is -2.28. The normalized spacial score (nSPS) is 24.2. The predicted molar refractivity (Wildman–Crippen MR) is 80.3 cm³/mol. The van der Waals surface area contributed by atoms with E-state index in [9.17, 15) is 8.42 Å². The largest absolute Gasteiger partial charge is 0.310 e. The highest BCUT2D eigenvalue weighted by molar-refractivity contribution is 7.91. The quantitative estimate of drug-likeness (QED) is 0.902. The molecule has 1 aliphatic rings. The van der Waals surface area contributed by atoms with E-state index in [1.54, 1.807) is 0 Å². The lowest BCUT2D eigenvalue weighted by atomic mass is 9.95. The Morgan fingerprint density at radius 3 is 2.85 bits per heavy atom. The molecule has 1 N–H and O–H groups in total. The first-order valence-corrected chi connectivity index (χ1v) is 9.27. The summed E-state index contributed by atoms with van der Waals surface area (Å²) in [5, 5.41) is 7.57. The van der Waals surface area contributed by atoms with E-state index < -0.39 is 9.84 Å². The summed E-state index contributed by atoms with van der Waals surface area (Å²) in [6.07, 6.45) is 8.73. The Hall–Kier alpha value is -0.880. The molecular weight excluding hydrogens is 274 g/mol. The summed E-state index contributed by atoms with van der Waals surface area (Å²) >= 11 is 0. The van der Waals surface area contributed by atoms with Crippen molar-refractivity contribution in [1.82, 2.24) is 15.1 Å². The summed E-state index contributed by atoms with van der Waals surface area (Å²) in [4.78, 5) is 0. The van der Waals surface area contributed by atoms with Crippen LogP contribution in [-0.2, 0) is 16.4 Å². The molecule has 5 nitrogen and oxygen atoms in total. The Labute approximate surface area is 121 Å². The van der Waals surface area contributed by atoms with Gasteiger partial charge in [-0.1, -0.05) is 20.3 Å². The first kappa shape index (κ1) is 15.5. The second kappa shape index (κ2) is 6.26. The van der Waals surface area contributed by atoms with Crippen molar-refractivity contribution in [1.29, 1.82) is 0 Å². The van der Waals surface area contributed by atoms with Gasteiger partial charge in [0.25, 0.3) is 0 Å². The minimum Gasteiger partial charge on any atom is -0.310 e. The molecule has 1 aromatic heterocycles. The smallest absolute Gasteiger partial charge is 0.150 e. The third-order valence-electron chi connectivity index (χ3n) is 3.95. The zero-order valence-electron chi connectivity index (χ0n) is 12.5. The zero-order chi connectivity index (χ0) is 14.8. The number of aromatic nitrogens is 2. The maximum atomic E-state index is 11.7. The Kier molecular flexibility index (Phi) is 4.86. The molecule has 2 atom stereocenters. The zero-order valence-corrected chi connectivity index (χ0v) is 13.4. The van der Waals surface area contributed by atoms with E-state index in [-0.39, 0.29) is 11.3 Å². The molecule has 0 aliphatic heterocycles. The number of nitrogens with zero attached hydrogens (tertiary/aromatic N) is 2. The Bertz CT molecular complexity index is 536. The summed E-state index contributed by atoms with van der Waals surface area (Å²) in [7, 11) is -2.93. The van der Waals surface area contributed by atoms with Crippen LogP contribution in [0.5, 0.6) is 0 Å². The van der Waals surface area contributed by atoms with Gasteiger partial charge in [-0.25, -0.2) is 8.42 Å². The molecule has 1 aliphatic carbocycles. The van der Waals surface area contributed by atoms with Crippen molar-refractivity contribution < 1.29 is 8.42 Å². The van der Waals surface area contributed by atoms with Crippen molar-refractivity contribution in [2.75, 3.05) is 6.26 Å². The van der Waals surface area contributed by atoms with Gasteiger partial charge in [0.15, 0.2) is 0 Å². The predicted octanol–water partition coefficient (Wildman–Crippen LogP) is 1.91. The van der Waals surface area contributed by atoms with Gasteiger partial charge in [0, 0.05) is 30.6 Å². The molecule has 0 saturated heterocycles. The summed E-state index contributed by atoms with van der Waals surface area (Å²) in [6.45, 7) is 5.03. The fourth-order valence-corrected chi connectivity index (χ4v) is 3.91. The lowest BCUT2D eigenvalue weighted by Crippen LogP contribution is -2.29. The first-order chi connectivity index (χ1) is 9.36. The fraction of sp³-hybridized carbons (Fsp3) is 0.786. The van der Waals surface area contributed by atoms with Crippen LogP contribution >= 0.6 is 0 Å². The number of sulfone groups is 1. The molecular formula is C14H25N3O2S. The molecule has 20 heavy (non-hydrogen) atoms. The number of hydrogen-bond acceptors (Lipinski definition) is 4. The van der Waals surface area contributed by atoms with Gasteiger partial charge in [-0.3, -0.25) is 4.68 Å². The van der Waals surface area contributed by atoms with Crippen LogP contribution in [0.25, 0.3) is 0 Å². The summed E-state index contributed by atoms with van der Waals surface area (Å²) in [6, 6.07) is 0.666. The van der Waals surface area contributed by atoms with Crippen molar-refractivity contribution in [3.63, 3.8) is 0 Å². The monoisotopic (exact) mass is 299 g/mol. The molecule has 1 fully saturated rings. The van der Waals surface area contributed by atoms with Crippen LogP contribution in [-0.4, -0.2) is 35.7 Å². The maximum Gasteiger partial charge on any atom is 0.150 e. The van der Waals surface area contributed by atoms with Gasteiger partial charge in [-0.15, -0.1) is 0 Å². The van der Waals surface area contributed by atoms with E-state index in [0.29, 0.717) is 12.5 Å². The molecule has 1 aromatic rings. The van der Waals surface area contributed by atoms with Crippen LogP contribution in [0, 0.1) is 0 Å². The van der Waals surface area contributed by atoms with Crippen molar-refractivity contribution in [3.05, 3.63) is 18.0 Å². The van der Waals surface area contributed by atoms with Gasteiger partial charge in [0.1, 0.15) is 9.84 Å². The highest BCUT2D eigenvalue weighted by atomic mass is 32.2. The Morgan fingerprint density at radius 2 is 2.20 bits per heavy atom. The minimum atomic E-state index is -2.93. The van der Waals surface area contributed by atoms with E-state index >= 15 is 0 Å². The van der Waals surface area contributed by atoms with Crippen LogP contribution in [0.4, 0.5) is 0 Å². The summed E-state index contributed by atoms with van der Waals surface area (Å²) in [5.41, 5.74) is 1.15. The standard InChI is InChI=1S/C14H25N3O2S/c1-11(2)15-8-12-9-16-17(10-12)13-5-4-6-14(7-13)20(3,18)19/h9-11,13-15H,4-8H2,1-3H3. The molecule has 1 heterocycles. The van der Waals surface area contributed by atoms with Gasteiger partial charge < -0.3 is 5.32 Å². The lowest BCUT2D eigenvalue weighted by molar-refractivity contribution is 0.329. The van der Waals surface area contributed by atoms with Gasteiger partial charge in [0.05, 0.1) is 17.5 Å². The topological polar surface area (TPSA) is 64.0 Å². The Balaban J connectivity index is 2.01. The van der Waals surface area contributed by atoms with Crippen molar-refractivity contribution >= 4 is 9.84 Å². The third kappa shape index (κ3) is 4.06. The van der Waals surface area contributed by atoms with Gasteiger partial charge >= 0.3 is 0 Å². The first-order valence-electron chi connectivity index (χ1n) is 7.31. The average Bonchev–Trinajstić information content (AvgIpc) is 2.84. The SMILES string of the molecule is CC(C)NCc1cnn(C2CCCC(S(C)(=O)=O)C2)c1. The number of rotatable bonds is 5. The molecule has 2 rings (SSSR count). The van der Waals surface area contributed by atoms with Crippen LogP contribution in [0.15, 0.2) is 12.4 Å². The van der Waals surface area contributed by atoms with Crippen molar-refractivity contribution in [3.8, 4) is 0 Å². The molecule has 1 saturated carbocycles. The fourth-order valence-electron chi connectivity index (χ4n) is 2.74. The second-order valence-electron chi connectivity index (χ2n) is 6.14. The molecule has 0 amide bonds.